The van der Waals surface area contributed by atoms with Crippen molar-refractivity contribution < 1.29 is 9.84 Å². The highest BCUT2D eigenvalue weighted by Gasteiger charge is 2.03. The summed E-state index contributed by atoms with van der Waals surface area (Å²) in [5.41, 5.74) is 1.30. The summed E-state index contributed by atoms with van der Waals surface area (Å²) in [6, 6.07) is 6.92. The van der Waals surface area contributed by atoms with E-state index in [1.54, 1.807) is 24.4 Å². The Bertz CT molecular complexity index is 471. The number of hydrogen-bond donors (Lipinski definition) is 1. The normalized spacial score (nSPS) is 10.1. The number of aliphatic hydroxyl groups excluding tert-OH is 1. The van der Waals surface area contributed by atoms with E-state index in [0.717, 1.165) is 5.69 Å². The minimum atomic E-state index is -0.126. The Labute approximate surface area is 92.8 Å². The third-order valence-electron chi connectivity index (χ3n) is 2.03. The Morgan fingerprint density at radius 3 is 2.75 bits per heavy atom. The van der Waals surface area contributed by atoms with E-state index in [9.17, 15) is 0 Å². The third kappa shape index (κ3) is 2.32. The number of ether oxygens (including phenoxy) is 1. The second-order valence-corrected chi connectivity index (χ2v) is 3.21. The van der Waals surface area contributed by atoms with E-state index in [1.807, 2.05) is 13.0 Å². The highest BCUT2D eigenvalue weighted by molar-refractivity contribution is 5.29. The predicted octanol–water partition coefficient (Wildman–Crippen LogP) is 1.46. The van der Waals surface area contributed by atoms with Crippen molar-refractivity contribution in [2.75, 3.05) is 0 Å². The van der Waals surface area contributed by atoms with Gasteiger partial charge < -0.3 is 9.84 Å². The Hall–Kier alpha value is -2.01. The maximum absolute atomic E-state index is 8.81. The lowest BCUT2D eigenvalue weighted by Gasteiger charge is -2.05. The van der Waals surface area contributed by atoms with Crippen LogP contribution >= 0.6 is 0 Å². The summed E-state index contributed by atoms with van der Waals surface area (Å²) in [7, 11) is 0. The predicted molar refractivity (Wildman–Crippen MR) is 57.0 cm³/mol. The number of rotatable bonds is 3. The first-order valence-corrected chi connectivity index (χ1v) is 4.82. The largest absolute Gasteiger partial charge is 0.436 e. The number of aliphatic hydroxyl groups is 1. The summed E-state index contributed by atoms with van der Waals surface area (Å²) >= 11 is 0. The smallest absolute Gasteiger partial charge is 0.238 e. The maximum Gasteiger partial charge on any atom is 0.238 e. The van der Waals surface area contributed by atoms with Gasteiger partial charge in [-0.25, -0.2) is 0 Å². The van der Waals surface area contributed by atoms with Crippen LogP contribution in [0.2, 0.25) is 0 Å². The number of aryl methyl sites for hydroxylation is 1. The van der Waals surface area contributed by atoms with Gasteiger partial charge in [0.05, 0.1) is 18.0 Å². The quantitative estimate of drug-likeness (QED) is 0.843. The third-order valence-corrected chi connectivity index (χ3v) is 2.03. The lowest BCUT2D eigenvalue weighted by molar-refractivity contribution is 0.274. The Kier molecular flexibility index (Phi) is 3.07. The molecule has 0 aliphatic heterocycles. The molecule has 0 saturated heterocycles. The average molecular weight is 217 g/mol. The van der Waals surface area contributed by atoms with Crippen LogP contribution in [0.3, 0.4) is 0 Å². The van der Waals surface area contributed by atoms with E-state index in [4.69, 9.17) is 9.84 Å². The van der Waals surface area contributed by atoms with Gasteiger partial charge in [-0.05, 0) is 25.1 Å². The minimum Gasteiger partial charge on any atom is -0.436 e. The van der Waals surface area contributed by atoms with Gasteiger partial charge in [-0.15, -0.1) is 10.2 Å². The summed E-state index contributed by atoms with van der Waals surface area (Å²) in [6.07, 6.45) is 1.70. The first-order chi connectivity index (χ1) is 7.79. The Morgan fingerprint density at radius 2 is 2.12 bits per heavy atom. The summed E-state index contributed by atoms with van der Waals surface area (Å²) in [4.78, 5) is 4.10. The summed E-state index contributed by atoms with van der Waals surface area (Å²) in [5, 5.41) is 16.4. The molecule has 1 N–H and O–H groups in total. The molecule has 0 radical (unpaired) electrons. The van der Waals surface area contributed by atoms with Crippen LogP contribution in [-0.2, 0) is 6.61 Å². The monoisotopic (exact) mass is 217 g/mol. The van der Waals surface area contributed by atoms with Crippen LogP contribution in [0.15, 0.2) is 30.5 Å². The fourth-order valence-electron chi connectivity index (χ4n) is 1.18. The van der Waals surface area contributed by atoms with Crippen LogP contribution in [-0.4, -0.2) is 20.3 Å². The molecule has 0 bridgehead atoms. The van der Waals surface area contributed by atoms with Gasteiger partial charge in [-0.2, -0.15) is 0 Å². The molecule has 5 heteroatoms. The van der Waals surface area contributed by atoms with Crippen molar-refractivity contribution in [3.8, 4) is 11.6 Å². The molecular weight excluding hydrogens is 206 g/mol. The minimum absolute atomic E-state index is 0.126. The Morgan fingerprint density at radius 1 is 1.25 bits per heavy atom. The number of hydrogen-bond acceptors (Lipinski definition) is 5. The lowest BCUT2D eigenvalue weighted by Crippen LogP contribution is -1.96. The molecule has 5 nitrogen and oxygen atoms in total. The van der Waals surface area contributed by atoms with Gasteiger partial charge in [0.2, 0.25) is 5.88 Å². The number of aromatic nitrogens is 3. The van der Waals surface area contributed by atoms with E-state index >= 15 is 0 Å². The SMILES string of the molecule is Cc1ncccc1Oc1ccc(CO)nn1. The van der Waals surface area contributed by atoms with E-state index < -0.39 is 0 Å². The molecule has 0 fully saturated rings. The van der Waals surface area contributed by atoms with Crippen molar-refractivity contribution in [2.24, 2.45) is 0 Å². The van der Waals surface area contributed by atoms with Gasteiger partial charge in [0.25, 0.3) is 0 Å². The first kappa shape index (κ1) is 10.5. The van der Waals surface area contributed by atoms with Gasteiger partial charge in [-0.3, -0.25) is 4.98 Å². The second kappa shape index (κ2) is 4.67. The molecule has 82 valence electrons. The van der Waals surface area contributed by atoms with E-state index in [2.05, 4.69) is 15.2 Å². The van der Waals surface area contributed by atoms with Crippen LogP contribution in [0, 0.1) is 6.92 Å². The summed E-state index contributed by atoms with van der Waals surface area (Å²) in [5.74, 6) is 1.03. The molecule has 2 heterocycles. The standard InChI is InChI=1S/C11H11N3O2/c1-8-10(3-2-6-12-8)16-11-5-4-9(7-15)13-14-11/h2-6,15H,7H2,1H3. The highest BCUT2D eigenvalue weighted by atomic mass is 16.5. The fourth-order valence-corrected chi connectivity index (χ4v) is 1.18. The molecule has 0 saturated carbocycles. The van der Waals surface area contributed by atoms with Crippen LogP contribution in [0.4, 0.5) is 0 Å². The Balaban J connectivity index is 2.18. The number of nitrogens with zero attached hydrogens (tertiary/aromatic N) is 3. The van der Waals surface area contributed by atoms with Crippen molar-refractivity contribution in [3.63, 3.8) is 0 Å². The second-order valence-electron chi connectivity index (χ2n) is 3.21. The molecule has 0 amide bonds. The molecule has 0 spiro atoms. The lowest BCUT2D eigenvalue weighted by atomic mass is 10.3. The van der Waals surface area contributed by atoms with Crippen molar-refractivity contribution in [3.05, 3.63) is 41.9 Å². The van der Waals surface area contributed by atoms with Gasteiger partial charge in [0, 0.05) is 12.3 Å². The average Bonchev–Trinajstić information content (AvgIpc) is 2.33. The molecule has 2 aromatic rings. The zero-order valence-corrected chi connectivity index (χ0v) is 8.79. The summed E-state index contributed by atoms with van der Waals surface area (Å²) < 4.78 is 5.49. The first-order valence-electron chi connectivity index (χ1n) is 4.82. The maximum atomic E-state index is 8.81. The van der Waals surface area contributed by atoms with Crippen LogP contribution in [0.5, 0.6) is 11.6 Å². The van der Waals surface area contributed by atoms with E-state index in [1.165, 1.54) is 0 Å². The van der Waals surface area contributed by atoms with Crippen molar-refractivity contribution in [1.29, 1.82) is 0 Å². The highest BCUT2D eigenvalue weighted by Crippen LogP contribution is 2.20. The van der Waals surface area contributed by atoms with Crippen molar-refractivity contribution >= 4 is 0 Å². The molecule has 0 aliphatic carbocycles. The topological polar surface area (TPSA) is 68.1 Å². The summed E-state index contributed by atoms with van der Waals surface area (Å²) in [6.45, 7) is 1.73. The van der Waals surface area contributed by atoms with Crippen LogP contribution in [0.25, 0.3) is 0 Å². The van der Waals surface area contributed by atoms with Crippen molar-refractivity contribution in [2.45, 2.75) is 13.5 Å². The molecule has 0 aromatic carbocycles. The van der Waals surface area contributed by atoms with E-state index in [0.29, 0.717) is 17.3 Å². The molecule has 2 aromatic heterocycles. The zero-order chi connectivity index (χ0) is 11.4. The zero-order valence-electron chi connectivity index (χ0n) is 8.79. The van der Waals surface area contributed by atoms with Gasteiger partial charge in [-0.1, -0.05) is 0 Å². The molecule has 0 atom stereocenters. The van der Waals surface area contributed by atoms with Gasteiger partial charge in [0.1, 0.15) is 0 Å². The van der Waals surface area contributed by atoms with Crippen LogP contribution < -0.4 is 4.74 Å². The molecule has 16 heavy (non-hydrogen) atoms. The van der Waals surface area contributed by atoms with Gasteiger partial charge >= 0.3 is 0 Å². The van der Waals surface area contributed by atoms with Crippen molar-refractivity contribution in [1.82, 2.24) is 15.2 Å². The number of pyridine rings is 1. The molecule has 2 rings (SSSR count). The fraction of sp³-hybridized carbons (Fsp3) is 0.182. The molecule has 0 aliphatic rings. The molecule has 0 unspecified atom stereocenters. The van der Waals surface area contributed by atoms with Crippen LogP contribution in [0.1, 0.15) is 11.4 Å². The van der Waals surface area contributed by atoms with Gasteiger partial charge in [0.15, 0.2) is 5.75 Å². The molecular formula is C11H11N3O2. The van der Waals surface area contributed by atoms with E-state index in [-0.39, 0.29) is 6.61 Å².